The van der Waals surface area contributed by atoms with Gasteiger partial charge in [-0.25, -0.2) is 9.67 Å². The van der Waals surface area contributed by atoms with Gasteiger partial charge in [-0.2, -0.15) is 5.10 Å². The number of hydrogen-bond donors (Lipinski definition) is 0. The van der Waals surface area contributed by atoms with Gasteiger partial charge in [0, 0.05) is 31.5 Å². The van der Waals surface area contributed by atoms with E-state index >= 15 is 0 Å². The molecular weight excluding hydrogens is 248 g/mol. The summed E-state index contributed by atoms with van der Waals surface area (Å²) < 4.78 is 2.16. The van der Waals surface area contributed by atoms with Gasteiger partial charge in [-0.05, 0) is 52.0 Å². The summed E-state index contributed by atoms with van der Waals surface area (Å²) in [7, 11) is 0. The first-order valence-electron chi connectivity index (χ1n) is 8.31. The van der Waals surface area contributed by atoms with Crippen LogP contribution in [0, 0.1) is 5.92 Å². The van der Waals surface area contributed by atoms with E-state index in [9.17, 15) is 0 Å². The first kappa shape index (κ1) is 14.1. The number of fused-ring (bicyclic) bond motifs is 1. The smallest absolute Gasteiger partial charge is 0.151 e. The Labute approximate surface area is 122 Å². The molecule has 1 fully saturated rings. The Kier molecular flexibility index (Phi) is 4.11. The van der Waals surface area contributed by atoms with Crippen LogP contribution in [0.25, 0.3) is 0 Å². The zero-order valence-corrected chi connectivity index (χ0v) is 13.2. The average Bonchev–Trinajstić information content (AvgIpc) is 2.83. The monoisotopic (exact) mass is 276 g/mol. The summed E-state index contributed by atoms with van der Waals surface area (Å²) in [5, 5.41) is 4.75. The van der Waals surface area contributed by atoms with E-state index in [-0.39, 0.29) is 0 Å². The van der Waals surface area contributed by atoms with Crippen molar-refractivity contribution in [3.05, 3.63) is 11.6 Å². The molecule has 3 rings (SSSR count). The van der Waals surface area contributed by atoms with Crippen LogP contribution < -0.4 is 0 Å². The fourth-order valence-corrected chi connectivity index (χ4v) is 3.69. The highest BCUT2D eigenvalue weighted by atomic mass is 15.4. The van der Waals surface area contributed by atoms with Crippen LogP contribution in [0.3, 0.4) is 0 Å². The normalized spacial score (nSPS) is 27.8. The van der Waals surface area contributed by atoms with E-state index in [4.69, 9.17) is 10.1 Å². The summed E-state index contributed by atoms with van der Waals surface area (Å²) in [5.74, 6) is 3.64. The molecule has 2 aliphatic rings. The van der Waals surface area contributed by atoms with Crippen molar-refractivity contribution in [3.8, 4) is 0 Å². The van der Waals surface area contributed by atoms with Crippen LogP contribution in [-0.2, 0) is 13.0 Å². The Hall–Kier alpha value is -0.900. The number of hydrogen-bond acceptors (Lipinski definition) is 3. The molecule has 1 aromatic rings. The van der Waals surface area contributed by atoms with E-state index in [0.717, 1.165) is 24.7 Å². The quantitative estimate of drug-likeness (QED) is 0.851. The van der Waals surface area contributed by atoms with Crippen molar-refractivity contribution in [2.45, 2.75) is 71.4 Å². The third-order valence-corrected chi connectivity index (χ3v) is 4.94. The van der Waals surface area contributed by atoms with E-state index in [1.807, 2.05) is 0 Å². The fraction of sp³-hybridized carbons (Fsp3) is 0.875. The highest BCUT2D eigenvalue weighted by molar-refractivity contribution is 5.02. The molecule has 0 radical (unpaired) electrons. The molecule has 0 aromatic carbocycles. The van der Waals surface area contributed by atoms with Gasteiger partial charge in [-0.15, -0.1) is 0 Å². The molecule has 0 amide bonds. The Morgan fingerprint density at radius 3 is 2.75 bits per heavy atom. The highest BCUT2D eigenvalue weighted by Crippen LogP contribution is 2.26. The maximum Gasteiger partial charge on any atom is 0.151 e. The average molecular weight is 276 g/mol. The van der Waals surface area contributed by atoms with Crippen molar-refractivity contribution in [2.24, 2.45) is 5.92 Å². The molecule has 0 N–H and O–H groups in total. The minimum absolute atomic E-state index is 0.587. The van der Waals surface area contributed by atoms with Crippen molar-refractivity contribution >= 4 is 0 Å². The van der Waals surface area contributed by atoms with Gasteiger partial charge in [0.2, 0.25) is 0 Å². The lowest BCUT2D eigenvalue weighted by molar-refractivity contribution is 0.138. The zero-order chi connectivity index (χ0) is 14.1. The number of likely N-dealkylation sites (tertiary alicyclic amines) is 1. The highest BCUT2D eigenvalue weighted by Gasteiger charge is 2.25. The first-order valence-corrected chi connectivity index (χ1v) is 8.31. The van der Waals surface area contributed by atoms with Crippen LogP contribution in [0.1, 0.15) is 64.0 Å². The molecule has 2 aliphatic heterocycles. The number of piperidine rings is 1. The minimum Gasteiger partial charge on any atom is -0.301 e. The number of rotatable bonds is 3. The van der Waals surface area contributed by atoms with Crippen molar-refractivity contribution < 1.29 is 0 Å². The zero-order valence-electron chi connectivity index (χ0n) is 13.2. The van der Waals surface area contributed by atoms with E-state index in [2.05, 4.69) is 30.4 Å². The van der Waals surface area contributed by atoms with Crippen LogP contribution in [-0.4, -0.2) is 38.8 Å². The molecule has 0 saturated carbocycles. The Morgan fingerprint density at radius 2 is 2.00 bits per heavy atom. The van der Waals surface area contributed by atoms with Gasteiger partial charge in [0.1, 0.15) is 5.82 Å². The van der Waals surface area contributed by atoms with Crippen LogP contribution in [0.4, 0.5) is 0 Å². The van der Waals surface area contributed by atoms with Gasteiger partial charge < -0.3 is 4.90 Å². The summed E-state index contributed by atoms with van der Waals surface area (Å²) in [4.78, 5) is 7.43. The summed E-state index contributed by atoms with van der Waals surface area (Å²) in [5.41, 5.74) is 0. The SMILES string of the molecule is CC1CCCn2nc(CC3CCCN(C(C)C)C3)nc21. The molecule has 0 spiro atoms. The second-order valence-corrected chi connectivity index (χ2v) is 6.95. The van der Waals surface area contributed by atoms with Crippen LogP contribution >= 0.6 is 0 Å². The van der Waals surface area contributed by atoms with Gasteiger partial charge >= 0.3 is 0 Å². The first-order chi connectivity index (χ1) is 9.63. The minimum atomic E-state index is 0.587. The summed E-state index contributed by atoms with van der Waals surface area (Å²) in [6.45, 7) is 10.4. The Bertz CT molecular complexity index is 451. The Balaban J connectivity index is 1.66. The van der Waals surface area contributed by atoms with Crippen LogP contribution in [0.15, 0.2) is 0 Å². The molecule has 20 heavy (non-hydrogen) atoms. The Morgan fingerprint density at radius 1 is 1.20 bits per heavy atom. The summed E-state index contributed by atoms with van der Waals surface area (Å²) in [6, 6.07) is 0.668. The maximum absolute atomic E-state index is 4.83. The van der Waals surface area contributed by atoms with Gasteiger partial charge in [0.05, 0.1) is 0 Å². The summed E-state index contributed by atoms with van der Waals surface area (Å²) >= 11 is 0. The lowest BCUT2D eigenvalue weighted by Crippen LogP contribution is -2.40. The number of aromatic nitrogens is 3. The third-order valence-electron chi connectivity index (χ3n) is 4.94. The molecule has 4 nitrogen and oxygen atoms in total. The van der Waals surface area contributed by atoms with Gasteiger partial charge in [-0.3, -0.25) is 0 Å². The van der Waals surface area contributed by atoms with E-state index in [1.54, 1.807) is 0 Å². The molecule has 1 saturated heterocycles. The summed E-state index contributed by atoms with van der Waals surface area (Å²) in [6.07, 6.45) is 6.25. The molecule has 0 aliphatic carbocycles. The largest absolute Gasteiger partial charge is 0.301 e. The second kappa shape index (κ2) is 5.84. The van der Waals surface area contributed by atoms with Crippen molar-refractivity contribution in [1.82, 2.24) is 19.7 Å². The number of aryl methyl sites for hydroxylation is 1. The molecule has 2 unspecified atom stereocenters. The molecular formula is C16H28N4. The second-order valence-electron chi connectivity index (χ2n) is 6.95. The number of nitrogens with zero attached hydrogens (tertiary/aromatic N) is 4. The topological polar surface area (TPSA) is 34.0 Å². The maximum atomic E-state index is 4.83. The lowest BCUT2D eigenvalue weighted by Gasteiger charge is -2.35. The van der Waals surface area contributed by atoms with Crippen molar-refractivity contribution in [3.63, 3.8) is 0 Å². The van der Waals surface area contributed by atoms with Gasteiger partial charge in [0.15, 0.2) is 5.82 Å². The van der Waals surface area contributed by atoms with Crippen molar-refractivity contribution in [1.29, 1.82) is 0 Å². The molecule has 3 heterocycles. The standard InChI is InChI=1S/C16H28N4/c1-12(2)19-8-5-7-14(11-19)10-15-17-16-13(3)6-4-9-20(16)18-15/h12-14H,4-11H2,1-3H3. The predicted molar refractivity (Wildman–Crippen MR) is 80.8 cm³/mol. The third kappa shape index (κ3) is 2.90. The molecule has 2 atom stereocenters. The van der Waals surface area contributed by atoms with E-state index in [1.165, 1.54) is 44.6 Å². The van der Waals surface area contributed by atoms with E-state index in [0.29, 0.717) is 12.0 Å². The lowest BCUT2D eigenvalue weighted by atomic mass is 9.94. The van der Waals surface area contributed by atoms with Gasteiger partial charge in [-0.1, -0.05) is 6.92 Å². The van der Waals surface area contributed by atoms with E-state index < -0.39 is 0 Å². The van der Waals surface area contributed by atoms with Crippen LogP contribution in [0.5, 0.6) is 0 Å². The predicted octanol–water partition coefficient (Wildman–Crippen LogP) is 2.84. The fourth-order valence-electron chi connectivity index (χ4n) is 3.69. The van der Waals surface area contributed by atoms with Gasteiger partial charge in [0.25, 0.3) is 0 Å². The van der Waals surface area contributed by atoms with Crippen LogP contribution in [0.2, 0.25) is 0 Å². The molecule has 1 aromatic heterocycles. The molecule has 112 valence electrons. The van der Waals surface area contributed by atoms with Crippen molar-refractivity contribution in [2.75, 3.05) is 13.1 Å². The molecule has 4 heteroatoms. The molecule has 0 bridgehead atoms.